The van der Waals surface area contributed by atoms with Gasteiger partial charge < -0.3 is 9.47 Å². The number of ketones is 1. The summed E-state index contributed by atoms with van der Waals surface area (Å²) in [6, 6.07) is 5.16. The smallest absolute Gasteiger partial charge is 0.327 e. The van der Waals surface area contributed by atoms with Gasteiger partial charge in [-0.1, -0.05) is 6.58 Å². The molecule has 0 aliphatic heterocycles. The summed E-state index contributed by atoms with van der Waals surface area (Å²) in [6.07, 6.45) is 0.686. The molecule has 0 N–H and O–H groups in total. The number of ether oxygens (including phenoxy) is 2. The van der Waals surface area contributed by atoms with E-state index in [2.05, 4.69) is 6.58 Å². The fourth-order valence-electron chi connectivity index (χ4n) is 3.44. The molecule has 0 bridgehead atoms. The lowest BCUT2D eigenvalue weighted by atomic mass is 9.73. The van der Waals surface area contributed by atoms with E-state index in [0.29, 0.717) is 18.4 Å². The molecule has 1 aromatic rings. The topological polar surface area (TPSA) is 113 Å². The number of carbonyl (C=O) groups excluding carboxylic acids is 3. The Morgan fingerprint density at radius 3 is 2.19 bits per heavy atom. The Labute approximate surface area is 149 Å². The average Bonchev–Trinajstić information content (AvgIpc) is 2.97. The van der Waals surface area contributed by atoms with E-state index in [4.69, 9.17) is 9.47 Å². The summed E-state index contributed by atoms with van der Waals surface area (Å²) < 4.78 is 9.61. The number of rotatable bonds is 6. The Kier molecular flexibility index (Phi) is 5.54. The molecule has 0 heterocycles. The highest BCUT2D eigenvalue weighted by atomic mass is 16.6. The monoisotopic (exact) mass is 361 g/mol. The fraction of sp³-hybridized carbons (Fsp3) is 0.389. The van der Waals surface area contributed by atoms with Crippen LogP contribution in [0.3, 0.4) is 0 Å². The number of Topliss-reactive ketones (excluding diaryl/α,β-unsaturated/α-hetero) is 1. The molecule has 8 heteroatoms. The molecule has 1 aliphatic rings. The molecule has 8 nitrogen and oxygen atoms in total. The largest absolute Gasteiger partial charge is 0.468 e. The zero-order chi connectivity index (χ0) is 19.5. The van der Waals surface area contributed by atoms with E-state index in [1.54, 1.807) is 0 Å². The summed E-state index contributed by atoms with van der Waals surface area (Å²) in [5, 5.41) is 10.7. The van der Waals surface area contributed by atoms with Crippen molar-refractivity contribution in [2.24, 2.45) is 11.3 Å². The number of carbonyl (C=O) groups is 3. The van der Waals surface area contributed by atoms with Crippen LogP contribution in [0.1, 0.15) is 29.6 Å². The quantitative estimate of drug-likeness (QED) is 0.191. The maximum atomic E-state index is 12.6. The van der Waals surface area contributed by atoms with Crippen LogP contribution in [0.25, 0.3) is 0 Å². The Bertz CT molecular complexity index is 750. The number of nitrogens with zero attached hydrogens (tertiary/aromatic N) is 1. The molecule has 138 valence electrons. The zero-order valence-electron chi connectivity index (χ0n) is 14.5. The lowest BCUT2D eigenvalue weighted by Crippen LogP contribution is -2.45. The second kappa shape index (κ2) is 7.47. The molecule has 1 fully saturated rings. The van der Waals surface area contributed by atoms with Crippen LogP contribution < -0.4 is 0 Å². The number of nitro groups is 1. The van der Waals surface area contributed by atoms with Crippen molar-refractivity contribution in [3.05, 3.63) is 52.1 Å². The molecule has 1 unspecified atom stereocenters. The van der Waals surface area contributed by atoms with Crippen molar-refractivity contribution < 1.29 is 28.8 Å². The van der Waals surface area contributed by atoms with Crippen LogP contribution in [-0.4, -0.2) is 36.9 Å². The first-order chi connectivity index (χ1) is 12.3. The van der Waals surface area contributed by atoms with Crippen LogP contribution in [0.5, 0.6) is 0 Å². The van der Waals surface area contributed by atoms with Gasteiger partial charge in [0.1, 0.15) is 0 Å². The first-order valence-electron chi connectivity index (χ1n) is 7.91. The highest BCUT2D eigenvalue weighted by Crippen LogP contribution is 2.50. The summed E-state index contributed by atoms with van der Waals surface area (Å²) in [7, 11) is 2.32. The van der Waals surface area contributed by atoms with Crippen LogP contribution in [-0.2, 0) is 19.1 Å². The summed E-state index contributed by atoms with van der Waals surface area (Å²) in [5.41, 5.74) is -1.22. The third-order valence-corrected chi connectivity index (χ3v) is 4.81. The molecule has 0 radical (unpaired) electrons. The number of nitro benzene ring substituents is 1. The molecular formula is C18H19NO7. The molecule has 1 atom stereocenters. The predicted molar refractivity (Wildman–Crippen MR) is 90.4 cm³/mol. The molecule has 0 aromatic heterocycles. The van der Waals surface area contributed by atoms with Gasteiger partial charge in [-0.2, -0.15) is 0 Å². The van der Waals surface area contributed by atoms with Crippen molar-refractivity contribution in [3.8, 4) is 0 Å². The molecule has 26 heavy (non-hydrogen) atoms. The number of hydrogen-bond donors (Lipinski definition) is 0. The van der Waals surface area contributed by atoms with Gasteiger partial charge in [0.2, 0.25) is 0 Å². The van der Waals surface area contributed by atoms with E-state index in [1.807, 2.05) is 0 Å². The van der Waals surface area contributed by atoms with Gasteiger partial charge in [-0.05, 0) is 36.5 Å². The second-order valence-electron chi connectivity index (χ2n) is 6.06. The minimum atomic E-state index is -1.71. The third-order valence-electron chi connectivity index (χ3n) is 4.81. The van der Waals surface area contributed by atoms with Gasteiger partial charge in [0.05, 0.1) is 19.1 Å². The Balaban J connectivity index is 2.32. The molecule has 0 spiro atoms. The van der Waals surface area contributed by atoms with Crippen LogP contribution in [0.4, 0.5) is 5.69 Å². The number of non-ortho nitro benzene ring substituents is 1. The average molecular weight is 361 g/mol. The fourth-order valence-corrected chi connectivity index (χ4v) is 3.44. The maximum absolute atomic E-state index is 12.6. The van der Waals surface area contributed by atoms with Crippen molar-refractivity contribution in [1.29, 1.82) is 0 Å². The van der Waals surface area contributed by atoms with Gasteiger partial charge in [-0.15, -0.1) is 0 Å². The summed E-state index contributed by atoms with van der Waals surface area (Å²) in [4.78, 5) is 47.6. The van der Waals surface area contributed by atoms with Gasteiger partial charge in [0.15, 0.2) is 11.2 Å². The van der Waals surface area contributed by atoms with E-state index in [9.17, 15) is 24.5 Å². The van der Waals surface area contributed by atoms with E-state index in [0.717, 1.165) is 14.2 Å². The molecule has 1 aliphatic carbocycles. The predicted octanol–water partition coefficient (Wildman–Crippen LogP) is 2.47. The minimum Gasteiger partial charge on any atom is -0.468 e. The van der Waals surface area contributed by atoms with E-state index < -0.39 is 28.2 Å². The first-order valence-corrected chi connectivity index (χ1v) is 7.91. The molecule has 1 saturated carbocycles. The highest BCUT2D eigenvalue weighted by molar-refractivity contribution is 6.05. The third kappa shape index (κ3) is 3.10. The van der Waals surface area contributed by atoms with Crippen molar-refractivity contribution in [3.63, 3.8) is 0 Å². The Morgan fingerprint density at radius 2 is 1.73 bits per heavy atom. The Morgan fingerprint density at radius 1 is 1.19 bits per heavy atom. The zero-order valence-corrected chi connectivity index (χ0v) is 14.5. The van der Waals surface area contributed by atoms with E-state index in [1.165, 1.54) is 24.3 Å². The number of hydrogen-bond acceptors (Lipinski definition) is 7. The molecule has 0 amide bonds. The van der Waals surface area contributed by atoms with Crippen LogP contribution in [0.15, 0.2) is 36.4 Å². The summed E-state index contributed by atoms with van der Waals surface area (Å²) in [6.45, 7) is 3.82. The second-order valence-corrected chi connectivity index (χ2v) is 6.06. The van der Waals surface area contributed by atoms with Gasteiger partial charge in [0.25, 0.3) is 5.69 Å². The van der Waals surface area contributed by atoms with E-state index >= 15 is 0 Å². The lowest BCUT2D eigenvalue weighted by Gasteiger charge is -2.30. The van der Waals surface area contributed by atoms with Crippen molar-refractivity contribution >= 4 is 23.4 Å². The number of methoxy groups -OCH3 is 2. The van der Waals surface area contributed by atoms with Gasteiger partial charge >= 0.3 is 11.9 Å². The SMILES string of the molecule is C=C1CCC(CC(=O)c2ccc([N+](=O)[O-])cc2)C1(C(=O)OC)C(=O)OC. The maximum Gasteiger partial charge on any atom is 0.327 e. The van der Waals surface area contributed by atoms with Crippen molar-refractivity contribution in [1.82, 2.24) is 0 Å². The van der Waals surface area contributed by atoms with Gasteiger partial charge in [0, 0.05) is 24.1 Å². The summed E-state index contributed by atoms with van der Waals surface area (Å²) >= 11 is 0. The van der Waals surface area contributed by atoms with Crippen molar-refractivity contribution in [2.45, 2.75) is 19.3 Å². The van der Waals surface area contributed by atoms with Gasteiger partial charge in [-0.25, -0.2) is 0 Å². The van der Waals surface area contributed by atoms with Crippen LogP contribution in [0, 0.1) is 21.4 Å². The standard InChI is InChI=1S/C18H19NO7/c1-11-4-7-13(18(11,16(21)25-2)17(22)26-3)10-15(20)12-5-8-14(9-6-12)19(23)24/h5-6,8-9,13H,1,4,7,10H2,2-3H3. The normalized spacial score (nSPS) is 18.2. The van der Waals surface area contributed by atoms with Crippen molar-refractivity contribution in [2.75, 3.05) is 14.2 Å². The molecular weight excluding hydrogens is 342 g/mol. The minimum absolute atomic E-state index is 0.110. The highest BCUT2D eigenvalue weighted by Gasteiger charge is 2.59. The van der Waals surface area contributed by atoms with Crippen LogP contribution in [0.2, 0.25) is 0 Å². The lowest BCUT2D eigenvalue weighted by molar-refractivity contribution is -0.384. The molecule has 2 rings (SSSR count). The summed E-state index contributed by atoms with van der Waals surface area (Å²) in [5.74, 6) is -2.59. The number of esters is 2. The molecule has 0 saturated heterocycles. The molecule has 1 aromatic carbocycles. The van der Waals surface area contributed by atoms with Gasteiger partial charge in [-0.3, -0.25) is 24.5 Å². The van der Waals surface area contributed by atoms with E-state index in [-0.39, 0.29) is 23.5 Å². The Hall–Kier alpha value is -3.03. The first kappa shape index (κ1) is 19.3. The number of benzene rings is 1. The van der Waals surface area contributed by atoms with Crippen LogP contribution >= 0.6 is 0 Å².